The molecule has 1 saturated heterocycles. The van der Waals surface area contributed by atoms with Gasteiger partial charge in [0.2, 0.25) is 5.96 Å². The Bertz CT molecular complexity index is 364. The van der Waals surface area contributed by atoms with Crippen LogP contribution < -0.4 is 0 Å². The molecule has 0 spiro atoms. The van der Waals surface area contributed by atoms with Crippen molar-refractivity contribution in [2.75, 3.05) is 0 Å². The van der Waals surface area contributed by atoms with Crippen molar-refractivity contribution in [3.8, 4) is 0 Å². The Labute approximate surface area is 115 Å². The second kappa shape index (κ2) is 6.68. The standard InChI is InChI=1S/C14H25FN4/c1-5-13(16)18(9-10(2)15)14(17)19-11(3)7-6-8-12(19)4/h9,11-12,16-17H,5-8H2,1-4H3. The molecular weight excluding hydrogens is 243 g/mol. The van der Waals surface area contributed by atoms with Gasteiger partial charge in [-0.1, -0.05) is 6.92 Å². The van der Waals surface area contributed by atoms with Gasteiger partial charge in [-0.3, -0.25) is 15.7 Å². The van der Waals surface area contributed by atoms with Gasteiger partial charge in [-0.2, -0.15) is 0 Å². The lowest BCUT2D eigenvalue weighted by atomic mass is 9.98. The first-order chi connectivity index (χ1) is 8.88. The Balaban J connectivity index is 2.98. The number of hydrogen-bond donors (Lipinski definition) is 2. The molecular formula is C14H25FN4. The maximum atomic E-state index is 13.2. The maximum absolute atomic E-state index is 13.2. The van der Waals surface area contributed by atoms with E-state index < -0.39 is 0 Å². The van der Waals surface area contributed by atoms with Crippen LogP contribution in [0.4, 0.5) is 4.39 Å². The minimum atomic E-state index is -0.389. The second-order valence-corrected chi connectivity index (χ2v) is 5.25. The summed E-state index contributed by atoms with van der Waals surface area (Å²) in [5.41, 5.74) is 0. The average molecular weight is 268 g/mol. The number of halogens is 1. The van der Waals surface area contributed by atoms with Crippen LogP contribution in [-0.2, 0) is 0 Å². The quantitative estimate of drug-likeness (QED) is 0.592. The largest absolute Gasteiger partial charge is 0.337 e. The van der Waals surface area contributed by atoms with E-state index in [-0.39, 0.29) is 29.7 Å². The van der Waals surface area contributed by atoms with Crippen molar-refractivity contribution in [1.29, 1.82) is 10.8 Å². The summed E-state index contributed by atoms with van der Waals surface area (Å²) in [5, 5.41) is 16.2. The summed E-state index contributed by atoms with van der Waals surface area (Å²) in [6, 6.07) is 0.522. The molecule has 0 radical (unpaired) electrons. The Morgan fingerprint density at radius 1 is 1.32 bits per heavy atom. The Kier molecular flexibility index (Phi) is 5.51. The smallest absolute Gasteiger partial charge is 0.204 e. The van der Waals surface area contributed by atoms with E-state index in [0.29, 0.717) is 6.42 Å². The van der Waals surface area contributed by atoms with E-state index in [1.165, 1.54) is 18.0 Å². The molecule has 0 amide bonds. The van der Waals surface area contributed by atoms with Gasteiger partial charge in [-0.25, -0.2) is 4.39 Å². The molecule has 0 aromatic carbocycles. The molecule has 1 rings (SSSR count). The summed E-state index contributed by atoms with van der Waals surface area (Å²) in [7, 11) is 0. The first kappa shape index (κ1) is 15.7. The van der Waals surface area contributed by atoms with Gasteiger partial charge in [-0.15, -0.1) is 0 Å². The second-order valence-electron chi connectivity index (χ2n) is 5.25. The highest BCUT2D eigenvalue weighted by Crippen LogP contribution is 2.24. The van der Waals surface area contributed by atoms with Gasteiger partial charge in [0, 0.05) is 24.7 Å². The summed E-state index contributed by atoms with van der Waals surface area (Å²) in [6.45, 7) is 7.35. The van der Waals surface area contributed by atoms with Crippen LogP contribution in [0.15, 0.2) is 12.0 Å². The van der Waals surface area contributed by atoms with Gasteiger partial charge in [0.15, 0.2) is 0 Å². The van der Waals surface area contributed by atoms with E-state index in [0.717, 1.165) is 19.3 Å². The van der Waals surface area contributed by atoms with Crippen molar-refractivity contribution in [2.45, 2.75) is 65.5 Å². The number of nitrogens with one attached hydrogen (secondary N) is 2. The molecule has 2 N–H and O–H groups in total. The molecule has 1 aliphatic heterocycles. The Morgan fingerprint density at radius 2 is 1.84 bits per heavy atom. The van der Waals surface area contributed by atoms with Gasteiger partial charge in [-0.05, 0) is 40.0 Å². The molecule has 0 bridgehead atoms. The predicted octanol–water partition coefficient (Wildman–Crippen LogP) is 3.70. The minimum Gasteiger partial charge on any atom is -0.337 e. The first-order valence-electron chi connectivity index (χ1n) is 6.95. The fourth-order valence-electron chi connectivity index (χ4n) is 2.58. The van der Waals surface area contributed by atoms with Crippen molar-refractivity contribution in [3.05, 3.63) is 12.0 Å². The summed E-state index contributed by atoms with van der Waals surface area (Å²) < 4.78 is 13.2. The fourth-order valence-corrected chi connectivity index (χ4v) is 2.58. The molecule has 2 unspecified atom stereocenters. The van der Waals surface area contributed by atoms with Crippen molar-refractivity contribution in [2.24, 2.45) is 0 Å². The van der Waals surface area contributed by atoms with Crippen LogP contribution in [0.3, 0.4) is 0 Å². The summed E-state index contributed by atoms with van der Waals surface area (Å²) in [4.78, 5) is 3.35. The molecule has 0 aliphatic carbocycles. The number of likely N-dealkylation sites (tertiary alicyclic amines) is 1. The van der Waals surface area contributed by atoms with Crippen LogP contribution in [0.25, 0.3) is 0 Å². The van der Waals surface area contributed by atoms with E-state index in [4.69, 9.17) is 10.8 Å². The van der Waals surface area contributed by atoms with Gasteiger partial charge in [0.25, 0.3) is 0 Å². The number of guanidine groups is 1. The third-order valence-electron chi connectivity index (χ3n) is 3.60. The maximum Gasteiger partial charge on any atom is 0.204 e. The third-order valence-corrected chi connectivity index (χ3v) is 3.60. The van der Waals surface area contributed by atoms with E-state index in [1.54, 1.807) is 0 Å². The summed E-state index contributed by atoms with van der Waals surface area (Å²) in [5.74, 6) is 0.0655. The molecule has 4 nitrogen and oxygen atoms in total. The van der Waals surface area contributed by atoms with Crippen LogP contribution in [0.5, 0.6) is 0 Å². The van der Waals surface area contributed by atoms with Crippen molar-refractivity contribution in [1.82, 2.24) is 9.80 Å². The Morgan fingerprint density at radius 3 is 2.26 bits per heavy atom. The monoisotopic (exact) mass is 268 g/mol. The zero-order valence-corrected chi connectivity index (χ0v) is 12.3. The highest BCUT2D eigenvalue weighted by molar-refractivity contribution is 5.98. The number of rotatable bonds is 2. The summed E-state index contributed by atoms with van der Waals surface area (Å²) >= 11 is 0. The molecule has 108 valence electrons. The molecule has 2 atom stereocenters. The van der Waals surface area contributed by atoms with Crippen LogP contribution in [0, 0.1) is 10.8 Å². The van der Waals surface area contributed by atoms with Crippen molar-refractivity contribution in [3.63, 3.8) is 0 Å². The molecule has 5 heteroatoms. The van der Waals surface area contributed by atoms with Gasteiger partial charge < -0.3 is 4.90 Å². The zero-order chi connectivity index (χ0) is 14.6. The molecule has 1 fully saturated rings. The van der Waals surface area contributed by atoms with E-state index >= 15 is 0 Å². The van der Waals surface area contributed by atoms with Gasteiger partial charge in [0.1, 0.15) is 11.7 Å². The summed E-state index contributed by atoms with van der Waals surface area (Å²) in [6.07, 6.45) is 4.96. The third kappa shape index (κ3) is 3.78. The molecule has 19 heavy (non-hydrogen) atoms. The van der Waals surface area contributed by atoms with Crippen molar-refractivity contribution >= 4 is 11.8 Å². The topological polar surface area (TPSA) is 54.2 Å². The van der Waals surface area contributed by atoms with Crippen LogP contribution in [0.2, 0.25) is 0 Å². The van der Waals surface area contributed by atoms with Crippen molar-refractivity contribution < 1.29 is 4.39 Å². The predicted molar refractivity (Wildman–Crippen MR) is 77.1 cm³/mol. The molecule has 0 aromatic heterocycles. The van der Waals surface area contributed by atoms with Gasteiger partial charge in [0.05, 0.1) is 0 Å². The zero-order valence-electron chi connectivity index (χ0n) is 12.3. The minimum absolute atomic E-state index is 0.212. The molecule has 1 heterocycles. The molecule has 0 saturated carbocycles. The lowest BCUT2D eigenvalue weighted by molar-refractivity contribution is 0.177. The number of hydrogen-bond acceptors (Lipinski definition) is 2. The van der Waals surface area contributed by atoms with Gasteiger partial charge >= 0.3 is 0 Å². The lowest BCUT2D eigenvalue weighted by Gasteiger charge is -2.43. The highest BCUT2D eigenvalue weighted by Gasteiger charge is 2.30. The first-order valence-corrected chi connectivity index (χ1v) is 6.95. The normalized spacial score (nSPS) is 24.3. The SMILES string of the molecule is CCC(=N)N(C=C(C)F)C(=N)N1C(C)CCCC1C. The van der Waals surface area contributed by atoms with Crippen LogP contribution in [-0.4, -0.2) is 33.7 Å². The number of nitrogens with zero attached hydrogens (tertiary/aromatic N) is 2. The number of piperidine rings is 1. The van der Waals surface area contributed by atoms with E-state index in [1.807, 2.05) is 11.8 Å². The fraction of sp³-hybridized carbons (Fsp3) is 0.714. The van der Waals surface area contributed by atoms with Crippen LogP contribution in [0.1, 0.15) is 53.4 Å². The highest BCUT2D eigenvalue weighted by atomic mass is 19.1. The van der Waals surface area contributed by atoms with Crippen LogP contribution >= 0.6 is 0 Å². The van der Waals surface area contributed by atoms with E-state index in [2.05, 4.69) is 13.8 Å². The average Bonchev–Trinajstić information content (AvgIpc) is 2.34. The lowest BCUT2D eigenvalue weighted by Crippen LogP contribution is -2.53. The molecule has 0 aromatic rings. The Hall–Kier alpha value is -1.39. The van der Waals surface area contributed by atoms with E-state index in [9.17, 15) is 4.39 Å². The number of amidine groups is 1. The molecule has 1 aliphatic rings. The number of allylic oxidation sites excluding steroid dienone is 1.